The third kappa shape index (κ3) is 4.55. The van der Waals surface area contributed by atoms with E-state index in [9.17, 15) is 9.59 Å². The molecule has 2 aromatic rings. The summed E-state index contributed by atoms with van der Waals surface area (Å²) in [6.07, 6.45) is 4.99. The Morgan fingerprint density at radius 2 is 1.79 bits per heavy atom. The molecule has 0 atom stereocenters. The predicted octanol–water partition coefficient (Wildman–Crippen LogP) is 4.68. The van der Waals surface area contributed by atoms with Crippen molar-refractivity contribution in [3.63, 3.8) is 0 Å². The van der Waals surface area contributed by atoms with Gasteiger partial charge in [0.15, 0.2) is 0 Å². The summed E-state index contributed by atoms with van der Waals surface area (Å²) in [4.78, 5) is 33.9. The first kappa shape index (κ1) is 20.1. The molecule has 4 rings (SSSR count). The fourth-order valence-electron chi connectivity index (χ4n) is 4.17. The van der Waals surface area contributed by atoms with E-state index >= 15 is 0 Å². The zero-order chi connectivity index (χ0) is 20.4. The van der Waals surface area contributed by atoms with Gasteiger partial charge in [0.1, 0.15) is 0 Å². The maximum absolute atomic E-state index is 12.7. The Morgan fingerprint density at radius 3 is 2.48 bits per heavy atom. The van der Waals surface area contributed by atoms with Crippen molar-refractivity contribution in [1.29, 1.82) is 0 Å². The SMILES string of the molecule is CC(C)c1nc2ccc(NC(=O)N3CCC(C(=O)N4CCCCC4)CC3)cc2s1. The number of amides is 3. The van der Waals surface area contributed by atoms with E-state index in [0.717, 1.165) is 59.7 Å². The van der Waals surface area contributed by atoms with Gasteiger partial charge in [-0.2, -0.15) is 0 Å². The average molecular weight is 415 g/mol. The summed E-state index contributed by atoms with van der Waals surface area (Å²) < 4.78 is 1.09. The lowest BCUT2D eigenvalue weighted by atomic mass is 9.94. The van der Waals surface area contributed by atoms with Crippen LogP contribution in [0.5, 0.6) is 0 Å². The van der Waals surface area contributed by atoms with E-state index in [4.69, 9.17) is 0 Å². The number of fused-ring (bicyclic) bond motifs is 1. The second kappa shape index (κ2) is 8.69. The first-order valence-corrected chi connectivity index (χ1v) is 11.6. The van der Waals surface area contributed by atoms with Crippen LogP contribution in [0, 0.1) is 5.92 Å². The largest absolute Gasteiger partial charge is 0.342 e. The number of thiazole rings is 1. The van der Waals surface area contributed by atoms with Crippen molar-refractivity contribution < 1.29 is 9.59 Å². The molecular formula is C22H30N4O2S. The number of aromatic nitrogens is 1. The number of hydrogen-bond donors (Lipinski definition) is 1. The molecule has 2 saturated heterocycles. The van der Waals surface area contributed by atoms with Gasteiger partial charge in [-0.25, -0.2) is 9.78 Å². The molecule has 2 aliphatic rings. The summed E-state index contributed by atoms with van der Waals surface area (Å²) in [7, 11) is 0. The highest BCUT2D eigenvalue weighted by Crippen LogP contribution is 2.29. The van der Waals surface area contributed by atoms with Gasteiger partial charge in [0.2, 0.25) is 5.91 Å². The van der Waals surface area contributed by atoms with Crippen molar-refractivity contribution >= 4 is 39.2 Å². The quantitative estimate of drug-likeness (QED) is 0.793. The molecule has 0 saturated carbocycles. The van der Waals surface area contributed by atoms with Crippen molar-refractivity contribution in [1.82, 2.24) is 14.8 Å². The predicted molar refractivity (Wildman–Crippen MR) is 117 cm³/mol. The third-order valence-corrected chi connectivity index (χ3v) is 7.27. The Hall–Kier alpha value is -2.15. The van der Waals surface area contributed by atoms with E-state index in [1.54, 1.807) is 11.3 Å². The van der Waals surface area contributed by atoms with E-state index in [-0.39, 0.29) is 11.9 Å². The molecule has 0 bridgehead atoms. The van der Waals surface area contributed by atoms with Crippen LogP contribution in [0.3, 0.4) is 0 Å². The van der Waals surface area contributed by atoms with E-state index in [2.05, 4.69) is 24.1 Å². The zero-order valence-electron chi connectivity index (χ0n) is 17.3. The second-order valence-electron chi connectivity index (χ2n) is 8.47. The van der Waals surface area contributed by atoms with Crippen molar-refractivity contribution in [2.45, 2.75) is 51.9 Å². The maximum atomic E-state index is 12.7. The molecule has 1 aromatic carbocycles. The molecule has 1 aromatic heterocycles. The average Bonchev–Trinajstić information content (AvgIpc) is 3.18. The minimum Gasteiger partial charge on any atom is -0.342 e. The van der Waals surface area contributed by atoms with Gasteiger partial charge in [-0.1, -0.05) is 13.8 Å². The summed E-state index contributed by atoms with van der Waals surface area (Å²) in [5.74, 6) is 0.765. The molecule has 0 radical (unpaired) electrons. The van der Waals surface area contributed by atoms with Crippen LogP contribution < -0.4 is 5.32 Å². The topological polar surface area (TPSA) is 65.5 Å². The number of carbonyl (C=O) groups is 2. The van der Waals surface area contributed by atoms with Crippen LogP contribution in [0.1, 0.15) is 56.9 Å². The van der Waals surface area contributed by atoms with Crippen molar-refractivity contribution in [3.8, 4) is 0 Å². The standard InChI is InChI=1S/C22H30N4O2S/c1-15(2)20-24-18-7-6-17(14-19(18)29-20)23-22(28)26-12-8-16(9-13-26)21(27)25-10-4-3-5-11-25/h6-7,14-16H,3-5,8-13H2,1-2H3,(H,23,28). The van der Waals surface area contributed by atoms with Gasteiger partial charge in [-0.05, 0) is 50.3 Å². The summed E-state index contributed by atoms with van der Waals surface area (Å²) in [6.45, 7) is 7.35. The van der Waals surface area contributed by atoms with Gasteiger partial charge in [0.05, 0.1) is 15.2 Å². The molecule has 1 N–H and O–H groups in total. The van der Waals surface area contributed by atoms with Gasteiger partial charge in [-0.3, -0.25) is 4.79 Å². The number of likely N-dealkylation sites (tertiary alicyclic amines) is 2. The van der Waals surface area contributed by atoms with Gasteiger partial charge in [-0.15, -0.1) is 11.3 Å². The maximum Gasteiger partial charge on any atom is 0.321 e. The molecule has 3 amide bonds. The number of nitrogens with zero attached hydrogens (tertiary/aromatic N) is 3. The normalized spacial score (nSPS) is 18.4. The lowest BCUT2D eigenvalue weighted by Gasteiger charge is -2.35. The lowest BCUT2D eigenvalue weighted by Crippen LogP contribution is -2.46. The Kier molecular flexibility index (Phi) is 6.04. The second-order valence-corrected chi connectivity index (χ2v) is 9.53. The van der Waals surface area contributed by atoms with Crippen molar-refractivity contribution in [2.24, 2.45) is 5.92 Å². The molecular weight excluding hydrogens is 384 g/mol. The fourth-order valence-corrected chi connectivity index (χ4v) is 5.18. The summed E-state index contributed by atoms with van der Waals surface area (Å²) in [6, 6.07) is 5.80. The number of benzene rings is 1. The van der Waals surface area contributed by atoms with Gasteiger partial charge in [0.25, 0.3) is 0 Å². The summed E-state index contributed by atoms with van der Waals surface area (Å²) in [5, 5.41) is 4.13. The number of anilines is 1. The monoisotopic (exact) mass is 414 g/mol. The minimum atomic E-state index is -0.0816. The molecule has 0 unspecified atom stereocenters. The number of rotatable bonds is 3. The number of hydrogen-bond acceptors (Lipinski definition) is 4. The fraction of sp³-hybridized carbons (Fsp3) is 0.591. The smallest absolute Gasteiger partial charge is 0.321 e. The lowest BCUT2D eigenvalue weighted by molar-refractivity contribution is -0.137. The molecule has 29 heavy (non-hydrogen) atoms. The van der Waals surface area contributed by atoms with E-state index < -0.39 is 0 Å². The molecule has 2 aliphatic heterocycles. The Labute approximate surface area is 176 Å². The highest BCUT2D eigenvalue weighted by molar-refractivity contribution is 7.18. The highest BCUT2D eigenvalue weighted by atomic mass is 32.1. The Bertz CT molecular complexity index is 880. The van der Waals surface area contributed by atoms with Gasteiger partial charge < -0.3 is 15.1 Å². The summed E-state index contributed by atoms with van der Waals surface area (Å²) in [5.41, 5.74) is 1.78. The van der Waals surface area contributed by atoms with Crippen LogP contribution in [0.25, 0.3) is 10.2 Å². The number of urea groups is 1. The molecule has 156 valence electrons. The minimum absolute atomic E-state index is 0.0696. The number of carbonyl (C=O) groups excluding carboxylic acids is 2. The molecule has 3 heterocycles. The van der Waals surface area contributed by atoms with Crippen LogP contribution in [-0.2, 0) is 4.79 Å². The van der Waals surface area contributed by atoms with E-state index in [1.807, 2.05) is 28.0 Å². The van der Waals surface area contributed by atoms with Crippen molar-refractivity contribution in [2.75, 3.05) is 31.5 Å². The molecule has 2 fully saturated rings. The number of nitrogens with one attached hydrogen (secondary N) is 1. The summed E-state index contributed by atoms with van der Waals surface area (Å²) >= 11 is 1.68. The van der Waals surface area contributed by atoms with Crippen LogP contribution >= 0.6 is 11.3 Å². The van der Waals surface area contributed by atoms with Crippen LogP contribution in [0.15, 0.2) is 18.2 Å². The third-order valence-electron chi connectivity index (χ3n) is 5.95. The molecule has 0 aliphatic carbocycles. The molecule has 7 heteroatoms. The van der Waals surface area contributed by atoms with Gasteiger partial charge in [0, 0.05) is 43.7 Å². The van der Waals surface area contributed by atoms with Crippen molar-refractivity contribution in [3.05, 3.63) is 23.2 Å². The van der Waals surface area contributed by atoms with Crippen LogP contribution in [-0.4, -0.2) is 52.9 Å². The molecule has 0 spiro atoms. The Balaban J connectivity index is 1.32. The Morgan fingerprint density at radius 1 is 1.07 bits per heavy atom. The first-order valence-electron chi connectivity index (χ1n) is 10.8. The molecule has 6 nitrogen and oxygen atoms in total. The zero-order valence-corrected chi connectivity index (χ0v) is 18.1. The highest BCUT2D eigenvalue weighted by Gasteiger charge is 2.30. The van der Waals surface area contributed by atoms with Gasteiger partial charge >= 0.3 is 6.03 Å². The van der Waals surface area contributed by atoms with E-state index in [1.165, 1.54) is 6.42 Å². The number of piperidine rings is 2. The van der Waals surface area contributed by atoms with E-state index in [0.29, 0.717) is 24.9 Å². The van der Waals surface area contributed by atoms with Crippen LogP contribution in [0.2, 0.25) is 0 Å². The first-order chi connectivity index (χ1) is 14.0. The van der Waals surface area contributed by atoms with Crippen LogP contribution in [0.4, 0.5) is 10.5 Å².